The summed E-state index contributed by atoms with van der Waals surface area (Å²) in [6.07, 6.45) is 0.906. The highest BCUT2D eigenvalue weighted by Gasteiger charge is 2.10. The van der Waals surface area contributed by atoms with Crippen LogP contribution >= 0.6 is 0 Å². The Morgan fingerprint density at radius 3 is 2.58 bits per heavy atom. The van der Waals surface area contributed by atoms with E-state index in [9.17, 15) is 15.2 Å². The van der Waals surface area contributed by atoms with E-state index in [1.807, 2.05) is 6.07 Å². The number of hydrogen-bond donors (Lipinski definition) is 2. The van der Waals surface area contributed by atoms with Gasteiger partial charge in [-0.05, 0) is 29.8 Å². The van der Waals surface area contributed by atoms with Gasteiger partial charge in [0.15, 0.2) is 0 Å². The molecule has 1 atom stereocenters. The molecule has 0 bridgehead atoms. The maximum atomic E-state index is 10.5. The number of nitro groups is 1. The number of aliphatic hydroxyl groups excluding tert-OH is 1. The van der Waals surface area contributed by atoms with E-state index < -0.39 is 11.0 Å². The molecule has 0 saturated carbocycles. The van der Waals surface area contributed by atoms with Crippen molar-refractivity contribution in [3.8, 4) is 0 Å². The van der Waals surface area contributed by atoms with Crippen molar-refractivity contribution in [1.82, 2.24) is 4.98 Å². The highest BCUT2D eigenvalue weighted by atomic mass is 16.6. The van der Waals surface area contributed by atoms with E-state index in [1.165, 1.54) is 12.1 Å². The smallest absolute Gasteiger partial charge is 0.269 e. The third kappa shape index (κ3) is 3.49. The van der Waals surface area contributed by atoms with Crippen molar-refractivity contribution in [1.29, 1.82) is 0 Å². The summed E-state index contributed by atoms with van der Waals surface area (Å²) in [6, 6.07) is 11.3. The number of nitro benzene ring substituents is 1. The van der Waals surface area contributed by atoms with Crippen molar-refractivity contribution in [2.45, 2.75) is 6.10 Å². The largest absolute Gasteiger partial charge is 0.387 e. The number of rotatable bonds is 5. The van der Waals surface area contributed by atoms with Gasteiger partial charge in [-0.1, -0.05) is 6.07 Å². The zero-order valence-corrected chi connectivity index (χ0v) is 10.1. The van der Waals surface area contributed by atoms with Crippen LogP contribution in [0.15, 0.2) is 48.7 Å². The second-order valence-corrected chi connectivity index (χ2v) is 3.96. The van der Waals surface area contributed by atoms with E-state index in [1.54, 1.807) is 30.5 Å². The van der Waals surface area contributed by atoms with Crippen molar-refractivity contribution >= 4 is 11.5 Å². The van der Waals surface area contributed by atoms with Gasteiger partial charge in [0.05, 0.1) is 11.0 Å². The molecule has 0 aliphatic heterocycles. The number of hydrogen-bond acceptors (Lipinski definition) is 5. The van der Waals surface area contributed by atoms with Gasteiger partial charge >= 0.3 is 0 Å². The quantitative estimate of drug-likeness (QED) is 0.634. The molecule has 2 rings (SSSR count). The van der Waals surface area contributed by atoms with Crippen molar-refractivity contribution < 1.29 is 10.0 Å². The SMILES string of the molecule is O=[N+]([O-])c1ccc(C(O)CNc2ccccn2)cc1. The van der Waals surface area contributed by atoms with Gasteiger partial charge in [-0.3, -0.25) is 10.1 Å². The highest BCUT2D eigenvalue weighted by Crippen LogP contribution is 2.18. The van der Waals surface area contributed by atoms with Crippen LogP contribution in [0.3, 0.4) is 0 Å². The number of non-ortho nitro benzene ring substituents is 1. The Kier molecular flexibility index (Phi) is 4.04. The predicted molar refractivity (Wildman–Crippen MR) is 70.8 cm³/mol. The third-order valence-electron chi connectivity index (χ3n) is 2.63. The maximum Gasteiger partial charge on any atom is 0.269 e. The summed E-state index contributed by atoms with van der Waals surface area (Å²) in [7, 11) is 0. The molecule has 0 amide bonds. The fourth-order valence-corrected chi connectivity index (χ4v) is 1.60. The number of anilines is 1. The molecule has 0 saturated heterocycles. The van der Waals surface area contributed by atoms with Crippen LogP contribution in [-0.4, -0.2) is 21.6 Å². The molecule has 19 heavy (non-hydrogen) atoms. The molecule has 0 aliphatic carbocycles. The molecule has 2 aromatic rings. The zero-order valence-electron chi connectivity index (χ0n) is 10.1. The van der Waals surface area contributed by atoms with Gasteiger partial charge < -0.3 is 10.4 Å². The van der Waals surface area contributed by atoms with Gasteiger partial charge in [-0.15, -0.1) is 0 Å². The average Bonchev–Trinajstić information content (AvgIpc) is 2.46. The van der Waals surface area contributed by atoms with Gasteiger partial charge in [0.2, 0.25) is 0 Å². The maximum absolute atomic E-state index is 10.5. The van der Waals surface area contributed by atoms with Crippen molar-refractivity contribution in [3.63, 3.8) is 0 Å². The minimum Gasteiger partial charge on any atom is -0.387 e. The number of aromatic nitrogens is 1. The first-order valence-corrected chi connectivity index (χ1v) is 5.74. The van der Waals surface area contributed by atoms with E-state index >= 15 is 0 Å². The van der Waals surface area contributed by atoms with Crippen LogP contribution in [0.4, 0.5) is 11.5 Å². The number of nitrogens with one attached hydrogen (secondary N) is 1. The van der Waals surface area contributed by atoms with E-state index in [4.69, 9.17) is 0 Å². The zero-order chi connectivity index (χ0) is 13.7. The van der Waals surface area contributed by atoms with Crippen molar-refractivity contribution in [2.24, 2.45) is 0 Å². The molecule has 98 valence electrons. The van der Waals surface area contributed by atoms with E-state index in [-0.39, 0.29) is 12.2 Å². The lowest BCUT2D eigenvalue weighted by Crippen LogP contribution is -2.12. The monoisotopic (exact) mass is 259 g/mol. The molecule has 0 aliphatic rings. The van der Waals surface area contributed by atoms with E-state index in [0.29, 0.717) is 11.4 Å². The molecular weight excluding hydrogens is 246 g/mol. The fourth-order valence-electron chi connectivity index (χ4n) is 1.60. The Morgan fingerprint density at radius 2 is 2.00 bits per heavy atom. The molecule has 6 nitrogen and oxygen atoms in total. The minimum atomic E-state index is -0.747. The number of aliphatic hydroxyl groups is 1. The summed E-state index contributed by atoms with van der Waals surface area (Å²) < 4.78 is 0. The van der Waals surface area contributed by atoms with Gasteiger partial charge in [0.1, 0.15) is 5.82 Å². The molecule has 0 spiro atoms. The van der Waals surface area contributed by atoms with Crippen LogP contribution in [-0.2, 0) is 0 Å². The summed E-state index contributed by atoms with van der Waals surface area (Å²) in [5.41, 5.74) is 0.627. The lowest BCUT2D eigenvalue weighted by atomic mass is 10.1. The highest BCUT2D eigenvalue weighted by molar-refractivity contribution is 5.36. The van der Waals surface area contributed by atoms with E-state index in [0.717, 1.165) is 0 Å². The first-order chi connectivity index (χ1) is 9.16. The topological polar surface area (TPSA) is 88.3 Å². The standard InChI is InChI=1S/C13H13N3O3/c17-12(9-15-13-3-1-2-8-14-13)10-4-6-11(7-5-10)16(18)19/h1-8,12,17H,9H2,(H,14,15). The normalized spacial score (nSPS) is 11.8. The Bertz CT molecular complexity index is 543. The summed E-state index contributed by atoms with van der Waals surface area (Å²) >= 11 is 0. The van der Waals surface area contributed by atoms with Crippen molar-refractivity contribution in [3.05, 3.63) is 64.3 Å². The van der Waals surface area contributed by atoms with Gasteiger partial charge in [-0.25, -0.2) is 4.98 Å². The lowest BCUT2D eigenvalue weighted by Gasteiger charge is -2.12. The molecular formula is C13H13N3O3. The molecule has 2 N–H and O–H groups in total. The van der Waals surface area contributed by atoms with Crippen LogP contribution in [0, 0.1) is 10.1 Å². The Hall–Kier alpha value is -2.47. The summed E-state index contributed by atoms with van der Waals surface area (Å²) in [6.45, 7) is 0.287. The minimum absolute atomic E-state index is 0.00800. The second kappa shape index (κ2) is 5.92. The van der Waals surface area contributed by atoms with Crippen LogP contribution in [0.1, 0.15) is 11.7 Å². The number of nitrogens with zero attached hydrogens (tertiary/aromatic N) is 2. The van der Waals surface area contributed by atoms with Crippen LogP contribution in [0.2, 0.25) is 0 Å². The first-order valence-electron chi connectivity index (χ1n) is 5.74. The number of benzene rings is 1. The van der Waals surface area contributed by atoms with E-state index in [2.05, 4.69) is 10.3 Å². The van der Waals surface area contributed by atoms with Crippen LogP contribution < -0.4 is 5.32 Å². The first kappa shape index (κ1) is 13.0. The third-order valence-corrected chi connectivity index (χ3v) is 2.63. The second-order valence-electron chi connectivity index (χ2n) is 3.96. The Labute approximate surface area is 109 Å². The average molecular weight is 259 g/mol. The molecule has 1 heterocycles. The summed E-state index contributed by atoms with van der Waals surface area (Å²) in [5.74, 6) is 0.670. The van der Waals surface area contributed by atoms with Crippen LogP contribution in [0.25, 0.3) is 0 Å². The summed E-state index contributed by atoms with van der Waals surface area (Å²) in [5, 5.41) is 23.5. The van der Waals surface area contributed by atoms with Gasteiger partial charge in [0.25, 0.3) is 5.69 Å². The molecule has 0 fully saturated rings. The lowest BCUT2D eigenvalue weighted by molar-refractivity contribution is -0.384. The van der Waals surface area contributed by atoms with Crippen molar-refractivity contribution in [2.75, 3.05) is 11.9 Å². The molecule has 1 aromatic carbocycles. The predicted octanol–water partition coefficient (Wildman–Crippen LogP) is 2.14. The summed E-state index contributed by atoms with van der Waals surface area (Å²) in [4.78, 5) is 14.1. The molecule has 0 radical (unpaired) electrons. The molecule has 6 heteroatoms. The van der Waals surface area contributed by atoms with Gasteiger partial charge in [0, 0.05) is 24.9 Å². The Balaban J connectivity index is 1.96. The van der Waals surface area contributed by atoms with Crippen LogP contribution in [0.5, 0.6) is 0 Å². The fraction of sp³-hybridized carbons (Fsp3) is 0.154. The van der Waals surface area contributed by atoms with Gasteiger partial charge in [-0.2, -0.15) is 0 Å². The number of pyridine rings is 1. The molecule has 1 aromatic heterocycles. The molecule has 1 unspecified atom stereocenters. The Morgan fingerprint density at radius 1 is 1.26 bits per heavy atom.